The van der Waals surface area contributed by atoms with Crippen LogP contribution in [0.5, 0.6) is 11.5 Å². The van der Waals surface area contributed by atoms with Crippen LogP contribution in [0.2, 0.25) is 0 Å². The highest BCUT2D eigenvalue weighted by atomic mass is 32.2. The molecule has 0 aliphatic rings. The molecular formula is C20H23NO5S. The Morgan fingerprint density at radius 2 is 1.70 bits per heavy atom. The van der Waals surface area contributed by atoms with Gasteiger partial charge in [-0.05, 0) is 43.2 Å². The van der Waals surface area contributed by atoms with Gasteiger partial charge in [0, 0.05) is 12.1 Å². The molecule has 0 aliphatic carbocycles. The highest BCUT2D eigenvalue weighted by molar-refractivity contribution is 7.89. The highest BCUT2D eigenvalue weighted by Crippen LogP contribution is 2.30. The van der Waals surface area contributed by atoms with Crippen molar-refractivity contribution in [1.29, 1.82) is 0 Å². The standard InChI is InChI=1S/C20H23NO5S/c1-15-6-8-18(9-7-15)27(23,24)21-11-10-17-14-20(26-3)19(25-2)13-16(17)5-4-12-22/h6-9,13-14,21-22H,10-12H2,1-3H3. The van der Waals surface area contributed by atoms with E-state index in [0.717, 1.165) is 11.1 Å². The smallest absolute Gasteiger partial charge is 0.240 e. The Morgan fingerprint density at radius 3 is 2.30 bits per heavy atom. The normalized spacial score (nSPS) is 10.8. The Hall–Kier alpha value is -2.53. The zero-order valence-corrected chi connectivity index (χ0v) is 16.4. The van der Waals surface area contributed by atoms with Crippen LogP contribution < -0.4 is 14.2 Å². The average molecular weight is 389 g/mol. The molecule has 0 aromatic heterocycles. The first-order chi connectivity index (χ1) is 12.9. The van der Waals surface area contributed by atoms with Crippen molar-refractivity contribution in [3.8, 4) is 23.3 Å². The van der Waals surface area contributed by atoms with Gasteiger partial charge in [-0.3, -0.25) is 0 Å². The van der Waals surface area contributed by atoms with Crippen LogP contribution >= 0.6 is 0 Å². The predicted molar refractivity (Wildman–Crippen MR) is 104 cm³/mol. The number of benzene rings is 2. The number of aliphatic hydroxyl groups is 1. The number of methoxy groups -OCH3 is 2. The van der Waals surface area contributed by atoms with E-state index in [1.807, 2.05) is 6.92 Å². The van der Waals surface area contributed by atoms with E-state index in [4.69, 9.17) is 14.6 Å². The number of ether oxygens (including phenoxy) is 2. The van der Waals surface area contributed by atoms with Gasteiger partial charge >= 0.3 is 0 Å². The fraction of sp³-hybridized carbons (Fsp3) is 0.300. The summed E-state index contributed by atoms with van der Waals surface area (Å²) in [6.45, 7) is 1.82. The summed E-state index contributed by atoms with van der Waals surface area (Å²) in [4.78, 5) is 0.223. The maximum Gasteiger partial charge on any atom is 0.240 e. The van der Waals surface area contributed by atoms with Crippen LogP contribution in [0.4, 0.5) is 0 Å². The molecular weight excluding hydrogens is 366 g/mol. The van der Waals surface area contributed by atoms with Crippen molar-refractivity contribution in [1.82, 2.24) is 4.72 Å². The van der Waals surface area contributed by atoms with Crippen molar-refractivity contribution in [2.24, 2.45) is 0 Å². The number of sulfonamides is 1. The topological polar surface area (TPSA) is 84.9 Å². The summed E-state index contributed by atoms with van der Waals surface area (Å²) < 4.78 is 38.0. The van der Waals surface area contributed by atoms with E-state index in [-0.39, 0.29) is 18.0 Å². The van der Waals surface area contributed by atoms with Gasteiger partial charge in [-0.1, -0.05) is 29.5 Å². The number of aryl methyl sites for hydroxylation is 1. The monoisotopic (exact) mass is 389 g/mol. The summed E-state index contributed by atoms with van der Waals surface area (Å²) in [6.07, 6.45) is 0.404. The van der Waals surface area contributed by atoms with E-state index < -0.39 is 10.0 Å². The fourth-order valence-electron chi connectivity index (χ4n) is 2.50. The number of aliphatic hydroxyl groups excluding tert-OH is 1. The molecule has 0 radical (unpaired) electrons. The van der Waals surface area contributed by atoms with Crippen molar-refractivity contribution < 1.29 is 23.0 Å². The minimum Gasteiger partial charge on any atom is -0.493 e. The second-order valence-electron chi connectivity index (χ2n) is 5.79. The van der Waals surface area contributed by atoms with Gasteiger partial charge in [0.1, 0.15) is 6.61 Å². The van der Waals surface area contributed by atoms with Crippen LogP contribution in [0.25, 0.3) is 0 Å². The third-order valence-corrected chi connectivity index (χ3v) is 5.41. The third-order valence-electron chi connectivity index (χ3n) is 3.93. The zero-order chi connectivity index (χ0) is 19.9. The van der Waals surface area contributed by atoms with E-state index in [9.17, 15) is 8.42 Å². The SMILES string of the molecule is COc1cc(C#CCO)c(CCNS(=O)(=O)c2ccc(C)cc2)cc1OC. The lowest BCUT2D eigenvalue weighted by Crippen LogP contribution is -2.26. The van der Waals surface area contributed by atoms with Crippen LogP contribution in [-0.4, -0.2) is 40.9 Å². The van der Waals surface area contributed by atoms with Gasteiger partial charge in [0.2, 0.25) is 10.0 Å². The maximum absolute atomic E-state index is 12.4. The number of hydrogen-bond acceptors (Lipinski definition) is 5. The molecule has 0 bridgehead atoms. The van der Waals surface area contributed by atoms with Gasteiger partial charge in [0.05, 0.1) is 19.1 Å². The molecule has 0 saturated heterocycles. The maximum atomic E-state index is 12.4. The predicted octanol–water partition coefficient (Wildman–Crippen LogP) is 1.88. The van der Waals surface area contributed by atoms with Crippen LogP contribution in [0.15, 0.2) is 41.3 Å². The Labute approximate surface area is 160 Å². The first-order valence-corrected chi connectivity index (χ1v) is 9.80. The summed E-state index contributed by atoms with van der Waals surface area (Å²) >= 11 is 0. The van der Waals surface area contributed by atoms with Crippen molar-refractivity contribution in [3.63, 3.8) is 0 Å². The molecule has 0 spiro atoms. The molecule has 0 fully saturated rings. The first-order valence-electron chi connectivity index (χ1n) is 8.32. The highest BCUT2D eigenvalue weighted by Gasteiger charge is 2.15. The Kier molecular flexibility index (Phi) is 7.25. The Bertz CT molecular complexity index is 941. The molecule has 0 saturated carbocycles. The lowest BCUT2D eigenvalue weighted by molar-refractivity contribution is 0.350. The van der Waals surface area contributed by atoms with Crippen LogP contribution in [0.3, 0.4) is 0 Å². The molecule has 27 heavy (non-hydrogen) atoms. The van der Waals surface area contributed by atoms with E-state index in [1.54, 1.807) is 36.4 Å². The van der Waals surface area contributed by atoms with Crippen molar-refractivity contribution in [2.45, 2.75) is 18.2 Å². The number of nitrogens with one attached hydrogen (secondary N) is 1. The minimum absolute atomic E-state index is 0.194. The van der Waals surface area contributed by atoms with Gasteiger partial charge in [-0.25, -0.2) is 13.1 Å². The molecule has 2 N–H and O–H groups in total. The molecule has 2 aromatic rings. The van der Waals surface area contributed by atoms with Crippen LogP contribution in [0.1, 0.15) is 16.7 Å². The summed E-state index contributed by atoms with van der Waals surface area (Å²) in [5.41, 5.74) is 2.43. The largest absolute Gasteiger partial charge is 0.493 e. The third kappa shape index (κ3) is 5.47. The van der Waals surface area contributed by atoms with Crippen molar-refractivity contribution in [3.05, 3.63) is 53.1 Å². The minimum atomic E-state index is -3.59. The Balaban J connectivity index is 2.19. The summed E-state index contributed by atoms with van der Waals surface area (Å²) in [6, 6.07) is 10.1. The molecule has 0 heterocycles. The summed E-state index contributed by atoms with van der Waals surface area (Å²) in [5.74, 6) is 6.51. The second kappa shape index (κ2) is 9.42. The summed E-state index contributed by atoms with van der Waals surface area (Å²) in [7, 11) is -0.535. The van der Waals surface area contributed by atoms with Crippen LogP contribution in [0, 0.1) is 18.8 Å². The van der Waals surface area contributed by atoms with Crippen molar-refractivity contribution in [2.75, 3.05) is 27.4 Å². The molecule has 6 nitrogen and oxygen atoms in total. The molecule has 144 valence electrons. The van der Waals surface area contributed by atoms with Gasteiger partial charge in [0.25, 0.3) is 0 Å². The van der Waals surface area contributed by atoms with Gasteiger partial charge in [0.15, 0.2) is 11.5 Å². The quantitative estimate of drug-likeness (QED) is 0.707. The molecule has 0 aliphatic heterocycles. The summed E-state index contributed by atoms with van der Waals surface area (Å²) in [5, 5.41) is 8.95. The molecule has 0 unspecified atom stereocenters. The molecule has 2 rings (SSSR count). The number of rotatable bonds is 7. The first kappa shape index (κ1) is 20.8. The van der Waals surface area contributed by atoms with Gasteiger partial charge in [-0.15, -0.1) is 0 Å². The molecule has 0 atom stereocenters. The molecule has 7 heteroatoms. The van der Waals surface area contributed by atoms with E-state index in [1.165, 1.54) is 14.2 Å². The van der Waals surface area contributed by atoms with Crippen molar-refractivity contribution >= 4 is 10.0 Å². The van der Waals surface area contributed by atoms with Gasteiger partial charge in [-0.2, -0.15) is 0 Å². The average Bonchev–Trinajstić information content (AvgIpc) is 2.66. The van der Waals surface area contributed by atoms with E-state index in [0.29, 0.717) is 23.5 Å². The van der Waals surface area contributed by atoms with Gasteiger partial charge < -0.3 is 14.6 Å². The van der Waals surface area contributed by atoms with Crippen LogP contribution in [-0.2, 0) is 16.4 Å². The molecule has 2 aromatic carbocycles. The lowest BCUT2D eigenvalue weighted by atomic mass is 10.0. The van der Waals surface area contributed by atoms with E-state index in [2.05, 4.69) is 16.6 Å². The second-order valence-corrected chi connectivity index (χ2v) is 7.55. The zero-order valence-electron chi connectivity index (χ0n) is 15.6. The van der Waals surface area contributed by atoms with E-state index >= 15 is 0 Å². The fourth-order valence-corrected chi connectivity index (χ4v) is 3.53. The molecule has 0 amide bonds. The Morgan fingerprint density at radius 1 is 1.07 bits per heavy atom. The number of hydrogen-bond donors (Lipinski definition) is 2. The lowest BCUT2D eigenvalue weighted by Gasteiger charge is -2.13.